The van der Waals surface area contributed by atoms with Crippen molar-refractivity contribution in [3.8, 4) is 0 Å². The first-order valence-electron chi connectivity index (χ1n) is 5.69. The molecule has 17 heavy (non-hydrogen) atoms. The molecule has 1 unspecified atom stereocenters. The van der Waals surface area contributed by atoms with Crippen molar-refractivity contribution in [2.24, 2.45) is 0 Å². The van der Waals surface area contributed by atoms with Crippen molar-refractivity contribution < 1.29 is 19.4 Å². The van der Waals surface area contributed by atoms with Crippen molar-refractivity contribution in [1.29, 1.82) is 0 Å². The highest BCUT2D eigenvalue weighted by molar-refractivity contribution is 5.74. The van der Waals surface area contributed by atoms with Crippen LogP contribution in [0.4, 0.5) is 4.79 Å². The second-order valence-corrected chi connectivity index (χ2v) is 4.05. The zero-order chi connectivity index (χ0) is 13.3. The molecule has 0 fully saturated rings. The second-order valence-electron chi connectivity index (χ2n) is 4.05. The van der Waals surface area contributed by atoms with E-state index in [-0.39, 0.29) is 18.5 Å². The largest absolute Gasteiger partial charge is 0.481 e. The molecule has 0 saturated heterocycles. The lowest BCUT2D eigenvalue weighted by Crippen LogP contribution is -2.42. The van der Waals surface area contributed by atoms with Gasteiger partial charge in [-0.3, -0.25) is 4.79 Å². The monoisotopic (exact) mass is 246 g/mol. The number of carbonyl (C=O) groups excluding carboxylic acids is 1. The zero-order valence-electron chi connectivity index (χ0n) is 10.7. The molecule has 6 heteroatoms. The molecular weight excluding hydrogens is 224 g/mol. The summed E-state index contributed by atoms with van der Waals surface area (Å²) in [7, 11) is 3.32. The van der Waals surface area contributed by atoms with Crippen LogP contribution in [0.1, 0.15) is 26.2 Å². The van der Waals surface area contributed by atoms with Gasteiger partial charge in [0.2, 0.25) is 0 Å². The Labute approximate surface area is 102 Å². The summed E-state index contributed by atoms with van der Waals surface area (Å²) in [4.78, 5) is 23.5. The molecule has 2 N–H and O–H groups in total. The molecule has 2 amide bonds. The van der Waals surface area contributed by atoms with Gasteiger partial charge in [0.25, 0.3) is 0 Å². The number of carboxylic acids is 1. The number of hydrogen-bond acceptors (Lipinski definition) is 3. The van der Waals surface area contributed by atoms with Gasteiger partial charge in [0.15, 0.2) is 0 Å². The van der Waals surface area contributed by atoms with Gasteiger partial charge in [-0.05, 0) is 19.8 Å². The number of carboxylic acid groups (broad SMARTS) is 1. The lowest BCUT2D eigenvalue weighted by molar-refractivity contribution is -0.137. The molecule has 0 aromatic carbocycles. The molecule has 0 rings (SSSR count). The Morgan fingerprint density at radius 3 is 2.65 bits per heavy atom. The molecule has 0 aliphatic rings. The van der Waals surface area contributed by atoms with Gasteiger partial charge in [0, 0.05) is 39.8 Å². The first kappa shape index (κ1) is 15.7. The minimum Gasteiger partial charge on any atom is -0.481 e. The Morgan fingerprint density at radius 2 is 2.12 bits per heavy atom. The first-order chi connectivity index (χ1) is 7.97. The molecule has 0 aliphatic carbocycles. The Balaban J connectivity index is 3.78. The van der Waals surface area contributed by atoms with E-state index in [1.165, 1.54) is 0 Å². The number of hydrogen-bond donors (Lipinski definition) is 2. The third-order valence-corrected chi connectivity index (χ3v) is 2.35. The topological polar surface area (TPSA) is 78.9 Å². The molecule has 0 saturated carbocycles. The number of carbonyl (C=O) groups is 2. The van der Waals surface area contributed by atoms with E-state index >= 15 is 0 Å². The van der Waals surface area contributed by atoms with E-state index in [4.69, 9.17) is 9.84 Å². The highest BCUT2D eigenvalue weighted by atomic mass is 16.5. The molecule has 100 valence electrons. The molecule has 0 aliphatic heterocycles. The number of nitrogens with one attached hydrogen (secondary N) is 1. The fourth-order valence-corrected chi connectivity index (χ4v) is 1.28. The Morgan fingerprint density at radius 1 is 1.47 bits per heavy atom. The van der Waals surface area contributed by atoms with Gasteiger partial charge in [-0.1, -0.05) is 0 Å². The molecule has 0 bridgehead atoms. The molecule has 0 aromatic rings. The van der Waals surface area contributed by atoms with Crippen LogP contribution in [0.5, 0.6) is 0 Å². The maximum Gasteiger partial charge on any atom is 0.317 e. The standard InChI is InChI=1S/C11H22N2O4/c1-9(5-6-10(14)15)12-11(16)13(2)7-4-8-17-3/h9H,4-8H2,1-3H3,(H,12,16)(H,14,15). The van der Waals surface area contributed by atoms with Crippen molar-refractivity contribution in [1.82, 2.24) is 10.2 Å². The number of rotatable bonds is 8. The molecule has 0 radical (unpaired) electrons. The quantitative estimate of drug-likeness (QED) is 0.624. The maximum atomic E-state index is 11.6. The van der Waals surface area contributed by atoms with E-state index in [9.17, 15) is 9.59 Å². The van der Waals surface area contributed by atoms with Crippen LogP contribution in [0.25, 0.3) is 0 Å². The molecule has 1 atom stereocenters. The van der Waals surface area contributed by atoms with Crippen LogP contribution in [0.2, 0.25) is 0 Å². The highest BCUT2D eigenvalue weighted by Gasteiger charge is 2.12. The van der Waals surface area contributed by atoms with E-state index in [2.05, 4.69) is 5.32 Å². The highest BCUT2D eigenvalue weighted by Crippen LogP contribution is 1.98. The molecule has 0 spiro atoms. The van der Waals surface area contributed by atoms with Crippen molar-refractivity contribution in [2.75, 3.05) is 27.3 Å². The van der Waals surface area contributed by atoms with Crippen LogP contribution < -0.4 is 5.32 Å². The SMILES string of the molecule is COCCCN(C)C(=O)NC(C)CCC(=O)O. The average molecular weight is 246 g/mol. The minimum atomic E-state index is -0.848. The van der Waals surface area contributed by atoms with Crippen LogP contribution in [0.15, 0.2) is 0 Å². The Bertz CT molecular complexity index is 246. The van der Waals surface area contributed by atoms with Crippen LogP contribution in [0, 0.1) is 0 Å². The summed E-state index contributed by atoms with van der Waals surface area (Å²) < 4.78 is 4.89. The number of aliphatic carboxylic acids is 1. The van der Waals surface area contributed by atoms with Crippen LogP contribution in [0.3, 0.4) is 0 Å². The number of ether oxygens (including phenoxy) is 1. The Hall–Kier alpha value is -1.30. The molecule has 0 aromatic heterocycles. The molecular formula is C11H22N2O4. The summed E-state index contributed by atoms with van der Waals surface area (Å²) in [6, 6.07) is -0.317. The predicted octanol–water partition coefficient (Wildman–Crippen LogP) is 0.918. The molecule has 0 heterocycles. The number of methoxy groups -OCH3 is 1. The Kier molecular flexibility index (Phi) is 8.13. The van der Waals surface area contributed by atoms with Crippen molar-refractivity contribution in [3.05, 3.63) is 0 Å². The lowest BCUT2D eigenvalue weighted by atomic mass is 10.2. The van der Waals surface area contributed by atoms with Crippen molar-refractivity contribution >= 4 is 12.0 Å². The van der Waals surface area contributed by atoms with Crippen LogP contribution >= 0.6 is 0 Å². The fourth-order valence-electron chi connectivity index (χ4n) is 1.28. The summed E-state index contributed by atoms with van der Waals surface area (Å²) in [5, 5.41) is 11.3. The smallest absolute Gasteiger partial charge is 0.317 e. The predicted molar refractivity (Wildman–Crippen MR) is 64.0 cm³/mol. The third kappa shape index (κ3) is 8.50. The first-order valence-corrected chi connectivity index (χ1v) is 5.69. The second kappa shape index (κ2) is 8.81. The van der Waals surface area contributed by atoms with Gasteiger partial charge < -0.3 is 20.1 Å². The summed E-state index contributed by atoms with van der Waals surface area (Å²) in [6.07, 6.45) is 1.28. The number of urea groups is 1. The molecule has 6 nitrogen and oxygen atoms in total. The summed E-state index contributed by atoms with van der Waals surface area (Å²) in [6.45, 7) is 3.03. The number of nitrogens with zero attached hydrogens (tertiary/aromatic N) is 1. The van der Waals surface area contributed by atoms with Gasteiger partial charge in [-0.25, -0.2) is 4.79 Å². The number of amides is 2. The van der Waals surface area contributed by atoms with E-state index in [0.29, 0.717) is 19.6 Å². The summed E-state index contributed by atoms with van der Waals surface area (Å²) in [5.41, 5.74) is 0. The van der Waals surface area contributed by atoms with Gasteiger partial charge in [-0.2, -0.15) is 0 Å². The van der Waals surface area contributed by atoms with Crippen molar-refractivity contribution in [2.45, 2.75) is 32.2 Å². The van der Waals surface area contributed by atoms with E-state index in [1.807, 2.05) is 0 Å². The third-order valence-electron chi connectivity index (χ3n) is 2.35. The van der Waals surface area contributed by atoms with E-state index < -0.39 is 5.97 Å². The maximum absolute atomic E-state index is 11.6. The van der Waals surface area contributed by atoms with Gasteiger partial charge in [0.05, 0.1) is 0 Å². The van der Waals surface area contributed by atoms with Crippen molar-refractivity contribution in [3.63, 3.8) is 0 Å². The summed E-state index contributed by atoms with van der Waals surface area (Å²) >= 11 is 0. The lowest BCUT2D eigenvalue weighted by Gasteiger charge is -2.20. The van der Waals surface area contributed by atoms with Crippen LogP contribution in [-0.2, 0) is 9.53 Å². The van der Waals surface area contributed by atoms with E-state index in [0.717, 1.165) is 6.42 Å². The zero-order valence-corrected chi connectivity index (χ0v) is 10.7. The normalized spacial score (nSPS) is 11.9. The van der Waals surface area contributed by atoms with Gasteiger partial charge in [-0.15, -0.1) is 0 Å². The fraction of sp³-hybridized carbons (Fsp3) is 0.818. The average Bonchev–Trinajstić information content (AvgIpc) is 2.26. The summed E-state index contributed by atoms with van der Waals surface area (Å²) in [5.74, 6) is -0.848. The van der Waals surface area contributed by atoms with Crippen LogP contribution in [-0.4, -0.2) is 55.4 Å². The van der Waals surface area contributed by atoms with Gasteiger partial charge >= 0.3 is 12.0 Å². The minimum absolute atomic E-state index is 0.0643. The van der Waals surface area contributed by atoms with Gasteiger partial charge in [0.1, 0.15) is 0 Å². The van der Waals surface area contributed by atoms with E-state index in [1.54, 1.807) is 26.0 Å².